The lowest BCUT2D eigenvalue weighted by atomic mass is 9.58. The van der Waals surface area contributed by atoms with Gasteiger partial charge in [-0.3, -0.25) is 0 Å². The molecule has 4 atom stereocenters. The van der Waals surface area contributed by atoms with Gasteiger partial charge in [0.1, 0.15) is 0 Å². The second kappa shape index (κ2) is 7.41. The van der Waals surface area contributed by atoms with Crippen LogP contribution in [-0.2, 0) is 0 Å². The van der Waals surface area contributed by atoms with Crippen LogP contribution in [0.2, 0.25) is 0 Å². The molecule has 1 saturated carbocycles. The summed E-state index contributed by atoms with van der Waals surface area (Å²) in [6, 6.07) is 0. The van der Waals surface area contributed by atoms with Gasteiger partial charge in [0.05, 0.1) is 6.10 Å². The molecular formula is C20H40N2O. The lowest BCUT2D eigenvalue weighted by Gasteiger charge is -2.50. The fourth-order valence-corrected chi connectivity index (χ4v) is 4.70. The summed E-state index contributed by atoms with van der Waals surface area (Å²) in [5.41, 5.74) is 0.365. The molecule has 0 amide bonds. The Morgan fingerprint density at radius 3 is 2.00 bits per heavy atom. The first-order valence-electron chi connectivity index (χ1n) is 9.70. The molecule has 23 heavy (non-hydrogen) atoms. The highest BCUT2D eigenvalue weighted by atomic mass is 16.3. The van der Waals surface area contributed by atoms with Crippen LogP contribution in [0.4, 0.5) is 0 Å². The van der Waals surface area contributed by atoms with Gasteiger partial charge in [0.15, 0.2) is 0 Å². The monoisotopic (exact) mass is 324 g/mol. The molecule has 2 aliphatic rings. The summed E-state index contributed by atoms with van der Waals surface area (Å²) in [5.74, 6) is 1.55. The first-order chi connectivity index (χ1) is 10.6. The lowest BCUT2D eigenvalue weighted by molar-refractivity contribution is -0.0869. The van der Waals surface area contributed by atoms with Gasteiger partial charge in [-0.2, -0.15) is 0 Å². The average Bonchev–Trinajstić information content (AvgIpc) is 2.66. The molecule has 2 fully saturated rings. The quantitative estimate of drug-likeness (QED) is 0.817. The number of hydrogen-bond acceptors (Lipinski definition) is 3. The maximum absolute atomic E-state index is 11.0. The molecule has 0 radical (unpaired) electrons. The van der Waals surface area contributed by atoms with Crippen LogP contribution in [0.15, 0.2) is 0 Å². The van der Waals surface area contributed by atoms with Crippen molar-refractivity contribution in [2.24, 2.45) is 28.6 Å². The van der Waals surface area contributed by atoms with Crippen molar-refractivity contribution < 1.29 is 5.11 Å². The summed E-state index contributed by atoms with van der Waals surface area (Å²) in [6.07, 6.45) is 3.47. The first kappa shape index (κ1) is 19.2. The van der Waals surface area contributed by atoms with Crippen LogP contribution in [0, 0.1) is 28.6 Å². The zero-order valence-electron chi connectivity index (χ0n) is 16.4. The van der Waals surface area contributed by atoms with Gasteiger partial charge in [0, 0.05) is 19.6 Å². The predicted octanol–water partition coefficient (Wildman–Crippen LogP) is 3.38. The summed E-state index contributed by atoms with van der Waals surface area (Å²) >= 11 is 0. The van der Waals surface area contributed by atoms with Crippen LogP contribution in [0.1, 0.15) is 60.8 Å². The van der Waals surface area contributed by atoms with E-state index in [1.165, 1.54) is 38.9 Å². The first-order valence-corrected chi connectivity index (χ1v) is 9.70. The van der Waals surface area contributed by atoms with Crippen LogP contribution in [0.3, 0.4) is 0 Å². The normalized spacial score (nSPS) is 35.1. The minimum Gasteiger partial charge on any atom is -0.393 e. The van der Waals surface area contributed by atoms with Gasteiger partial charge in [-0.05, 0) is 60.9 Å². The Balaban J connectivity index is 2.09. The molecule has 2 rings (SSSR count). The highest BCUT2D eigenvalue weighted by Gasteiger charge is 2.46. The molecule has 0 aromatic carbocycles. The van der Waals surface area contributed by atoms with Crippen LogP contribution in [0.25, 0.3) is 0 Å². The van der Waals surface area contributed by atoms with E-state index >= 15 is 0 Å². The highest BCUT2D eigenvalue weighted by molar-refractivity contribution is 4.96. The van der Waals surface area contributed by atoms with Gasteiger partial charge >= 0.3 is 0 Å². The number of rotatable bonds is 2. The van der Waals surface area contributed by atoms with Crippen molar-refractivity contribution in [3.63, 3.8) is 0 Å². The van der Waals surface area contributed by atoms with Crippen LogP contribution < -0.4 is 5.32 Å². The summed E-state index contributed by atoms with van der Waals surface area (Å²) in [6.45, 7) is 19.7. The molecule has 0 spiro atoms. The Kier molecular flexibility index (Phi) is 6.19. The molecule has 1 aliphatic heterocycles. The maximum atomic E-state index is 11.0. The Morgan fingerprint density at radius 2 is 1.48 bits per heavy atom. The molecule has 0 aromatic rings. The van der Waals surface area contributed by atoms with Gasteiger partial charge in [0.2, 0.25) is 0 Å². The van der Waals surface area contributed by atoms with E-state index in [1.54, 1.807) is 0 Å². The second-order valence-corrected chi connectivity index (χ2v) is 10.2. The summed E-state index contributed by atoms with van der Waals surface area (Å²) < 4.78 is 0. The minimum absolute atomic E-state index is 0.156. The van der Waals surface area contributed by atoms with Crippen molar-refractivity contribution >= 4 is 0 Å². The Labute approximate surface area is 144 Å². The molecule has 1 heterocycles. The molecule has 2 N–H and O–H groups in total. The molecule has 3 nitrogen and oxygen atoms in total. The number of hydrogen-bond donors (Lipinski definition) is 2. The van der Waals surface area contributed by atoms with Crippen LogP contribution in [0.5, 0.6) is 0 Å². The van der Waals surface area contributed by atoms with Gasteiger partial charge in [-0.15, -0.1) is 0 Å². The van der Waals surface area contributed by atoms with E-state index in [9.17, 15) is 5.11 Å². The number of aliphatic hydroxyl groups excluding tert-OH is 1. The maximum Gasteiger partial charge on any atom is 0.0606 e. The number of nitrogens with zero attached hydrogens (tertiary/aromatic N) is 1. The van der Waals surface area contributed by atoms with E-state index in [1.807, 2.05) is 0 Å². The Morgan fingerprint density at radius 1 is 0.913 bits per heavy atom. The lowest BCUT2D eigenvalue weighted by Crippen LogP contribution is -2.49. The van der Waals surface area contributed by atoms with E-state index in [0.29, 0.717) is 11.8 Å². The van der Waals surface area contributed by atoms with Crippen molar-refractivity contribution in [2.45, 2.75) is 66.9 Å². The third kappa shape index (κ3) is 5.17. The minimum atomic E-state index is -0.156. The van der Waals surface area contributed by atoms with Gasteiger partial charge in [-0.1, -0.05) is 41.5 Å². The fourth-order valence-electron chi connectivity index (χ4n) is 4.70. The van der Waals surface area contributed by atoms with E-state index in [4.69, 9.17) is 0 Å². The van der Waals surface area contributed by atoms with E-state index in [-0.39, 0.29) is 16.9 Å². The van der Waals surface area contributed by atoms with Crippen molar-refractivity contribution in [2.75, 3.05) is 32.7 Å². The van der Waals surface area contributed by atoms with Crippen molar-refractivity contribution in [1.82, 2.24) is 10.2 Å². The molecular weight excluding hydrogens is 284 g/mol. The van der Waals surface area contributed by atoms with Crippen molar-refractivity contribution in [3.05, 3.63) is 0 Å². The Bertz CT molecular complexity index is 337. The fraction of sp³-hybridized carbons (Fsp3) is 1.00. The number of nitrogens with one attached hydrogen (secondary N) is 1. The van der Waals surface area contributed by atoms with E-state index in [0.717, 1.165) is 19.0 Å². The van der Waals surface area contributed by atoms with Crippen LogP contribution in [-0.4, -0.2) is 48.8 Å². The zero-order valence-corrected chi connectivity index (χ0v) is 16.4. The number of aliphatic hydroxyl groups is 1. The molecule has 136 valence electrons. The van der Waals surface area contributed by atoms with Gasteiger partial charge in [0.25, 0.3) is 0 Å². The molecule has 0 bridgehead atoms. The van der Waals surface area contributed by atoms with Crippen molar-refractivity contribution in [1.29, 1.82) is 0 Å². The largest absolute Gasteiger partial charge is 0.393 e. The second-order valence-electron chi connectivity index (χ2n) is 10.2. The summed E-state index contributed by atoms with van der Waals surface area (Å²) in [7, 11) is 0. The predicted molar refractivity (Wildman–Crippen MR) is 98.5 cm³/mol. The van der Waals surface area contributed by atoms with Crippen molar-refractivity contribution in [3.8, 4) is 0 Å². The molecule has 1 aliphatic carbocycles. The standard InChI is InChI=1S/C20H40N2O/c1-19(2,3)16-12-15(13-17(18(16)23)20(4,5)6)14-22-10-7-8-21-9-11-22/h15-18,21,23H,7-14H2,1-6H3/t15?,16-,17?,18?/m1/s1. The topological polar surface area (TPSA) is 35.5 Å². The third-order valence-electron chi connectivity index (χ3n) is 6.17. The van der Waals surface area contributed by atoms with E-state index < -0.39 is 0 Å². The SMILES string of the molecule is CC(C)(C)C1CC(CN2CCCNCC2)C[C@@H](C(C)(C)C)C1O. The Hall–Kier alpha value is -0.120. The van der Waals surface area contributed by atoms with E-state index in [2.05, 4.69) is 51.8 Å². The molecule has 1 saturated heterocycles. The summed E-state index contributed by atoms with van der Waals surface area (Å²) in [4.78, 5) is 2.65. The molecule has 3 unspecified atom stereocenters. The molecule has 0 aromatic heterocycles. The smallest absolute Gasteiger partial charge is 0.0606 e. The zero-order chi connectivity index (χ0) is 17.3. The highest BCUT2D eigenvalue weighted by Crippen LogP contribution is 2.48. The molecule has 3 heteroatoms. The van der Waals surface area contributed by atoms with Gasteiger partial charge in [-0.25, -0.2) is 0 Å². The van der Waals surface area contributed by atoms with Crippen LogP contribution >= 0.6 is 0 Å². The third-order valence-corrected chi connectivity index (χ3v) is 6.17. The summed E-state index contributed by atoms with van der Waals surface area (Å²) in [5, 5.41) is 14.6. The van der Waals surface area contributed by atoms with Gasteiger partial charge < -0.3 is 15.3 Å². The average molecular weight is 325 g/mol.